The molecule has 0 saturated carbocycles. The second kappa shape index (κ2) is 15.6. The molecular weight excluding hydrogens is 689 g/mol. The van der Waals surface area contributed by atoms with Crippen molar-refractivity contribution in [3.63, 3.8) is 0 Å². The van der Waals surface area contributed by atoms with Gasteiger partial charge < -0.3 is 4.90 Å². The van der Waals surface area contributed by atoms with Crippen LogP contribution in [0.1, 0.15) is 0 Å². The Morgan fingerprint density at radius 3 is 0.732 bits per heavy atom. The van der Waals surface area contributed by atoms with Crippen LogP contribution in [-0.4, -0.2) is 29.9 Å². The van der Waals surface area contributed by atoms with Crippen molar-refractivity contribution >= 4 is 34.6 Å². The molecule has 0 N–H and O–H groups in total. The number of aromatic nitrogens is 6. The van der Waals surface area contributed by atoms with Crippen LogP contribution in [0.25, 0.3) is 45.6 Å². The first kappa shape index (κ1) is 34.0. The van der Waals surface area contributed by atoms with E-state index in [0.29, 0.717) is 35.2 Å². The van der Waals surface area contributed by atoms with Gasteiger partial charge in [0.2, 0.25) is 11.9 Å². The molecule has 9 aromatic rings. The van der Waals surface area contributed by atoms with E-state index in [4.69, 9.17) is 29.9 Å². The van der Waals surface area contributed by atoms with Crippen LogP contribution in [0.5, 0.6) is 0 Å². The molecule has 0 aliphatic rings. The maximum absolute atomic E-state index is 5.13. The molecule has 0 bridgehead atoms. The molecule has 7 aromatic carbocycles. The van der Waals surface area contributed by atoms with Gasteiger partial charge in [-0.3, -0.25) is 0 Å². The Kier molecular flexibility index (Phi) is 9.48. The van der Waals surface area contributed by atoms with E-state index in [2.05, 4.69) is 53.4 Å². The third-order valence-corrected chi connectivity index (χ3v) is 9.17. The zero-order valence-electron chi connectivity index (χ0n) is 30.2. The van der Waals surface area contributed by atoms with Crippen molar-refractivity contribution in [2.45, 2.75) is 0 Å². The van der Waals surface area contributed by atoms with E-state index in [9.17, 15) is 0 Å². The van der Waals surface area contributed by atoms with Gasteiger partial charge >= 0.3 is 0 Å². The molecule has 8 heteroatoms. The molecule has 2 heterocycles. The first-order valence-corrected chi connectivity index (χ1v) is 18.3. The summed E-state index contributed by atoms with van der Waals surface area (Å²) >= 11 is 0. The zero-order chi connectivity index (χ0) is 37.5. The number of anilines is 6. The molecule has 0 spiro atoms. The lowest BCUT2D eigenvalue weighted by Gasteiger charge is -2.27. The lowest BCUT2D eigenvalue weighted by molar-refractivity contribution is 0.964. The molecule has 0 aliphatic carbocycles. The molecule has 266 valence electrons. The average molecular weight is 723 g/mol. The van der Waals surface area contributed by atoms with Crippen molar-refractivity contribution in [1.82, 2.24) is 29.9 Å². The van der Waals surface area contributed by atoms with Gasteiger partial charge in [0.25, 0.3) is 0 Å². The predicted molar refractivity (Wildman–Crippen MR) is 224 cm³/mol. The van der Waals surface area contributed by atoms with E-state index in [0.717, 1.165) is 45.0 Å². The Labute approximate surface area is 325 Å². The van der Waals surface area contributed by atoms with Crippen LogP contribution in [0.2, 0.25) is 0 Å². The fraction of sp³-hybridized carbons (Fsp3) is 0. The Hall–Kier alpha value is -7.84. The van der Waals surface area contributed by atoms with Crippen molar-refractivity contribution in [1.29, 1.82) is 0 Å². The molecular formula is C48H34N8. The van der Waals surface area contributed by atoms with Crippen molar-refractivity contribution in [2.75, 3.05) is 9.80 Å². The van der Waals surface area contributed by atoms with E-state index in [1.54, 1.807) is 0 Å². The van der Waals surface area contributed by atoms with Gasteiger partial charge in [0, 0.05) is 39.3 Å². The number of para-hydroxylation sites is 2. The van der Waals surface area contributed by atoms with Gasteiger partial charge in [-0.2, -0.15) is 19.9 Å². The number of nitrogens with zero attached hydrogens (tertiary/aromatic N) is 8. The van der Waals surface area contributed by atoms with E-state index in [-0.39, 0.29) is 0 Å². The summed E-state index contributed by atoms with van der Waals surface area (Å²) in [6.45, 7) is 0. The molecule has 2 aromatic heterocycles. The topological polar surface area (TPSA) is 83.8 Å². The summed E-state index contributed by atoms with van der Waals surface area (Å²) in [6, 6.07) is 68.7. The lowest BCUT2D eigenvalue weighted by atomic mass is 10.1. The van der Waals surface area contributed by atoms with Gasteiger partial charge in [0.1, 0.15) is 0 Å². The summed E-state index contributed by atoms with van der Waals surface area (Å²) in [5.74, 6) is 2.81. The molecule has 0 fully saturated rings. The predicted octanol–water partition coefficient (Wildman–Crippen LogP) is 11.7. The Morgan fingerprint density at radius 2 is 0.446 bits per heavy atom. The van der Waals surface area contributed by atoms with Crippen molar-refractivity contribution in [3.8, 4) is 45.6 Å². The molecule has 0 aliphatic heterocycles. The maximum atomic E-state index is 5.13. The monoisotopic (exact) mass is 722 g/mol. The first-order chi connectivity index (χ1) is 27.8. The van der Waals surface area contributed by atoms with Crippen molar-refractivity contribution in [2.24, 2.45) is 0 Å². The number of hydrogen-bond acceptors (Lipinski definition) is 8. The summed E-state index contributed by atoms with van der Waals surface area (Å²) in [7, 11) is 0. The maximum Gasteiger partial charge on any atom is 0.241 e. The average Bonchev–Trinajstić information content (AvgIpc) is 3.29. The van der Waals surface area contributed by atoms with Crippen LogP contribution in [0.4, 0.5) is 34.6 Å². The normalized spacial score (nSPS) is 10.9. The lowest BCUT2D eigenvalue weighted by Crippen LogP contribution is -2.19. The number of rotatable bonds is 10. The molecule has 0 atom stereocenters. The summed E-state index contributed by atoms with van der Waals surface area (Å²) in [5.41, 5.74) is 7.24. The van der Waals surface area contributed by atoms with Gasteiger partial charge in [-0.1, -0.05) is 158 Å². The van der Waals surface area contributed by atoms with Crippen LogP contribution >= 0.6 is 0 Å². The van der Waals surface area contributed by atoms with Crippen molar-refractivity contribution < 1.29 is 0 Å². The van der Waals surface area contributed by atoms with Crippen molar-refractivity contribution in [3.05, 3.63) is 206 Å². The van der Waals surface area contributed by atoms with Crippen LogP contribution in [-0.2, 0) is 0 Å². The Bertz CT molecular complexity index is 2380. The van der Waals surface area contributed by atoms with Crippen LogP contribution < -0.4 is 9.80 Å². The second-order valence-electron chi connectivity index (χ2n) is 12.9. The third-order valence-electron chi connectivity index (χ3n) is 9.17. The number of benzene rings is 7. The SMILES string of the molecule is c1ccc(-c2nc(-c3ccccc3)nc(N(c3ccc(N(c4ccccc4)c4ccccc4)cc3)c3nc(-c4ccccc4)nc(-c4ccccc4)n3)n2)cc1. The highest BCUT2D eigenvalue weighted by atomic mass is 15.4. The zero-order valence-corrected chi connectivity index (χ0v) is 30.2. The Balaban J connectivity index is 1.27. The summed E-state index contributed by atoms with van der Waals surface area (Å²) < 4.78 is 0. The molecule has 0 amide bonds. The second-order valence-corrected chi connectivity index (χ2v) is 12.9. The molecule has 0 radical (unpaired) electrons. The molecule has 9 rings (SSSR count). The van der Waals surface area contributed by atoms with E-state index >= 15 is 0 Å². The van der Waals surface area contributed by atoms with Crippen LogP contribution in [0.3, 0.4) is 0 Å². The van der Waals surface area contributed by atoms with Gasteiger partial charge in [-0.25, -0.2) is 14.9 Å². The molecule has 0 saturated heterocycles. The van der Waals surface area contributed by atoms with Crippen LogP contribution in [0, 0.1) is 0 Å². The highest BCUT2D eigenvalue weighted by molar-refractivity contribution is 5.80. The minimum atomic E-state index is 0.359. The largest absolute Gasteiger partial charge is 0.311 e. The fourth-order valence-electron chi connectivity index (χ4n) is 6.47. The quantitative estimate of drug-likeness (QED) is 0.138. The van der Waals surface area contributed by atoms with Gasteiger partial charge in [0.05, 0.1) is 5.69 Å². The smallest absolute Gasteiger partial charge is 0.241 e. The minimum absolute atomic E-state index is 0.359. The van der Waals surface area contributed by atoms with Gasteiger partial charge in [-0.05, 0) is 48.5 Å². The summed E-state index contributed by atoms with van der Waals surface area (Å²) in [5, 5.41) is 0. The number of hydrogen-bond donors (Lipinski definition) is 0. The summed E-state index contributed by atoms with van der Waals surface area (Å²) in [4.78, 5) is 34.6. The molecule has 0 unspecified atom stereocenters. The highest BCUT2D eigenvalue weighted by Crippen LogP contribution is 2.38. The highest BCUT2D eigenvalue weighted by Gasteiger charge is 2.24. The van der Waals surface area contributed by atoms with E-state index < -0.39 is 0 Å². The fourth-order valence-corrected chi connectivity index (χ4v) is 6.47. The Morgan fingerprint density at radius 1 is 0.214 bits per heavy atom. The van der Waals surface area contributed by atoms with E-state index in [1.807, 2.05) is 163 Å². The van der Waals surface area contributed by atoms with E-state index in [1.165, 1.54) is 0 Å². The third kappa shape index (κ3) is 7.22. The minimum Gasteiger partial charge on any atom is -0.311 e. The molecule has 56 heavy (non-hydrogen) atoms. The van der Waals surface area contributed by atoms with Gasteiger partial charge in [-0.15, -0.1) is 0 Å². The van der Waals surface area contributed by atoms with Crippen LogP contribution in [0.15, 0.2) is 206 Å². The first-order valence-electron chi connectivity index (χ1n) is 18.3. The summed E-state index contributed by atoms with van der Waals surface area (Å²) in [6.07, 6.45) is 0. The molecule has 8 nitrogen and oxygen atoms in total. The van der Waals surface area contributed by atoms with Gasteiger partial charge in [0.15, 0.2) is 23.3 Å². The standard InChI is InChI=1S/C48H34N8/c1-7-19-35(20-8-1)43-49-44(36-21-9-2-10-22-36)52-47(51-43)56(48-53-45(37-23-11-3-12-24-37)50-46(54-48)38-25-13-4-14-26-38)42-33-31-41(32-34-42)55(39-27-15-5-16-28-39)40-29-17-6-18-30-40/h1-34H.